The number of aliphatic hydroxyl groups excluding tert-OH is 4. The molecule has 5 N–H and O–H groups in total. The number of hydrogen-bond donors (Lipinski definition) is 5. The highest BCUT2D eigenvalue weighted by Gasteiger charge is 2.44. The first-order chi connectivity index (χ1) is 9.36. The van der Waals surface area contributed by atoms with Crippen molar-refractivity contribution in [1.29, 1.82) is 0 Å². The fraction of sp³-hybridized carbons (Fsp3) is 0.600. The molecule has 1 aliphatic rings. The van der Waals surface area contributed by atoms with Gasteiger partial charge in [0.25, 0.3) is 5.56 Å². The van der Waals surface area contributed by atoms with Crippen LogP contribution in [0.2, 0.25) is 0 Å². The lowest BCUT2D eigenvalue weighted by Gasteiger charge is -2.40. The third-order valence-electron chi connectivity index (χ3n) is 3.07. The third kappa shape index (κ3) is 2.39. The summed E-state index contributed by atoms with van der Waals surface area (Å²) in [5.41, 5.74) is -2.31. The predicted molar refractivity (Wildman–Crippen MR) is 60.3 cm³/mol. The van der Waals surface area contributed by atoms with Gasteiger partial charge in [-0.25, -0.2) is 4.79 Å². The summed E-state index contributed by atoms with van der Waals surface area (Å²) in [6, 6.07) is 0. The van der Waals surface area contributed by atoms with Crippen LogP contribution in [-0.2, 0) is 4.74 Å². The summed E-state index contributed by atoms with van der Waals surface area (Å²) in [4.78, 5) is 24.1. The molecule has 2 rings (SSSR count). The monoisotopic (exact) mass is 292 g/mol. The van der Waals surface area contributed by atoms with Crippen molar-refractivity contribution in [1.82, 2.24) is 9.55 Å². The highest BCUT2D eigenvalue weighted by Crippen LogP contribution is 2.27. The second-order valence-electron chi connectivity index (χ2n) is 4.36. The van der Waals surface area contributed by atoms with E-state index >= 15 is 0 Å². The van der Waals surface area contributed by atoms with E-state index in [0.717, 1.165) is 0 Å². The van der Waals surface area contributed by atoms with Crippen LogP contribution in [0.15, 0.2) is 15.8 Å². The quantitative estimate of drug-likeness (QED) is 0.383. The predicted octanol–water partition coefficient (Wildman–Crippen LogP) is -3.35. The van der Waals surface area contributed by atoms with E-state index < -0.39 is 54.3 Å². The van der Waals surface area contributed by atoms with Gasteiger partial charge in [0.05, 0.1) is 12.8 Å². The van der Waals surface area contributed by atoms with E-state index in [4.69, 9.17) is 9.84 Å². The Bertz CT molecular complexity index is 598. The van der Waals surface area contributed by atoms with Gasteiger partial charge in [-0.05, 0) is 0 Å². The fourth-order valence-electron chi connectivity index (χ4n) is 1.96. The molecule has 2 heterocycles. The zero-order valence-corrected chi connectivity index (χ0v) is 10.0. The van der Waals surface area contributed by atoms with Crippen LogP contribution in [0.5, 0.6) is 0 Å². The Morgan fingerprint density at radius 2 is 1.90 bits per heavy atom. The minimum absolute atomic E-state index is 0.508. The molecule has 0 unspecified atom stereocenters. The van der Waals surface area contributed by atoms with Crippen molar-refractivity contribution in [2.24, 2.45) is 0 Å². The number of aliphatic hydroxyl groups is 4. The Morgan fingerprint density at radius 1 is 1.25 bits per heavy atom. The van der Waals surface area contributed by atoms with Crippen LogP contribution in [0.4, 0.5) is 4.39 Å². The molecule has 5 atom stereocenters. The molecule has 1 saturated heterocycles. The van der Waals surface area contributed by atoms with Crippen molar-refractivity contribution in [3.63, 3.8) is 0 Å². The summed E-state index contributed by atoms with van der Waals surface area (Å²) >= 11 is 0. The number of halogens is 1. The number of ether oxygens (including phenoxy) is 1. The van der Waals surface area contributed by atoms with Gasteiger partial charge in [0.1, 0.15) is 24.4 Å². The zero-order valence-electron chi connectivity index (χ0n) is 10.0. The van der Waals surface area contributed by atoms with Crippen LogP contribution < -0.4 is 11.2 Å². The lowest BCUT2D eigenvalue weighted by molar-refractivity contribution is -0.252. The number of aromatic amines is 1. The van der Waals surface area contributed by atoms with Gasteiger partial charge in [-0.15, -0.1) is 0 Å². The molecule has 0 spiro atoms. The van der Waals surface area contributed by atoms with Crippen LogP contribution in [0.1, 0.15) is 6.23 Å². The SMILES string of the molecule is O=c1[nH]c(=O)n([C@@H]2O[C@H](CO)[C@@H](O)[C@H](O)[C@H]2O)cc1F. The van der Waals surface area contributed by atoms with Crippen LogP contribution >= 0.6 is 0 Å². The van der Waals surface area contributed by atoms with E-state index in [1.165, 1.54) is 0 Å². The van der Waals surface area contributed by atoms with Crippen LogP contribution in [0, 0.1) is 5.82 Å². The molecule has 0 amide bonds. The van der Waals surface area contributed by atoms with Crippen LogP contribution in [0.3, 0.4) is 0 Å². The molecule has 1 aromatic rings. The fourth-order valence-corrected chi connectivity index (χ4v) is 1.96. The summed E-state index contributed by atoms with van der Waals surface area (Å²) < 4.78 is 18.8. The molecule has 10 heteroatoms. The Kier molecular flexibility index (Phi) is 4.01. The molecule has 0 aromatic carbocycles. The van der Waals surface area contributed by atoms with Crippen molar-refractivity contribution < 1.29 is 29.6 Å². The lowest BCUT2D eigenvalue weighted by Crippen LogP contribution is -2.58. The van der Waals surface area contributed by atoms with E-state index in [1.54, 1.807) is 4.98 Å². The maximum Gasteiger partial charge on any atom is 0.330 e. The van der Waals surface area contributed by atoms with E-state index in [0.29, 0.717) is 10.8 Å². The molecule has 0 aliphatic carbocycles. The average Bonchev–Trinajstić information content (AvgIpc) is 2.41. The first-order valence-electron chi connectivity index (χ1n) is 5.68. The van der Waals surface area contributed by atoms with Crippen molar-refractivity contribution >= 4 is 0 Å². The van der Waals surface area contributed by atoms with Crippen LogP contribution in [-0.4, -0.2) is 61.0 Å². The summed E-state index contributed by atoms with van der Waals surface area (Å²) in [6.45, 7) is -0.692. The maximum atomic E-state index is 13.2. The maximum absolute atomic E-state index is 13.2. The second kappa shape index (κ2) is 5.42. The molecule has 112 valence electrons. The topological polar surface area (TPSA) is 145 Å². The molecule has 9 nitrogen and oxygen atoms in total. The van der Waals surface area contributed by atoms with Gasteiger partial charge in [0.15, 0.2) is 6.23 Å². The van der Waals surface area contributed by atoms with Crippen molar-refractivity contribution in [3.8, 4) is 0 Å². The Balaban J connectivity index is 2.44. The molecule has 1 aliphatic heterocycles. The van der Waals surface area contributed by atoms with Gasteiger partial charge in [-0.1, -0.05) is 0 Å². The van der Waals surface area contributed by atoms with Crippen molar-refractivity contribution in [2.45, 2.75) is 30.6 Å². The highest BCUT2D eigenvalue weighted by atomic mass is 19.1. The minimum Gasteiger partial charge on any atom is -0.394 e. The smallest absolute Gasteiger partial charge is 0.330 e. The van der Waals surface area contributed by atoms with E-state index in [9.17, 15) is 29.3 Å². The molecule has 1 aromatic heterocycles. The first-order valence-corrected chi connectivity index (χ1v) is 5.68. The van der Waals surface area contributed by atoms with Gasteiger partial charge in [-0.2, -0.15) is 4.39 Å². The first kappa shape index (κ1) is 14.8. The standard InChI is InChI=1S/C10H13FN2O7/c11-3-1-13(10(19)12-8(3)18)9-7(17)6(16)5(15)4(2-14)20-9/h1,4-7,9,14-17H,2H2,(H,12,18,19)/t4-,5-,6+,7-,9-/m1/s1. The molecular formula is C10H13FN2O7. The highest BCUT2D eigenvalue weighted by molar-refractivity contribution is 4.95. The number of nitrogens with zero attached hydrogens (tertiary/aromatic N) is 1. The largest absolute Gasteiger partial charge is 0.394 e. The summed E-state index contributed by atoms with van der Waals surface area (Å²) in [5.74, 6) is -1.29. The number of nitrogens with one attached hydrogen (secondary N) is 1. The van der Waals surface area contributed by atoms with Gasteiger partial charge in [-0.3, -0.25) is 14.3 Å². The van der Waals surface area contributed by atoms with Gasteiger partial charge in [0.2, 0.25) is 5.82 Å². The average molecular weight is 292 g/mol. The molecular weight excluding hydrogens is 279 g/mol. The van der Waals surface area contributed by atoms with Crippen molar-refractivity contribution in [2.75, 3.05) is 6.61 Å². The second-order valence-corrected chi connectivity index (χ2v) is 4.36. The molecule has 1 fully saturated rings. The Hall–Kier alpha value is -1.59. The third-order valence-corrected chi connectivity index (χ3v) is 3.07. The Labute approximate surface area is 110 Å². The van der Waals surface area contributed by atoms with Gasteiger partial charge >= 0.3 is 5.69 Å². The summed E-state index contributed by atoms with van der Waals surface area (Å²) in [6.07, 6.45) is -7.38. The van der Waals surface area contributed by atoms with Gasteiger partial charge < -0.3 is 25.2 Å². The molecule has 0 bridgehead atoms. The number of rotatable bonds is 2. The van der Waals surface area contributed by atoms with Crippen molar-refractivity contribution in [3.05, 3.63) is 32.9 Å². The minimum atomic E-state index is -1.75. The summed E-state index contributed by atoms with van der Waals surface area (Å²) in [7, 11) is 0. The number of H-pyrrole nitrogens is 1. The lowest BCUT2D eigenvalue weighted by atomic mass is 9.98. The summed E-state index contributed by atoms with van der Waals surface area (Å²) in [5, 5.41) is 37.9. The van der Waals surface area contributed by atoms with E-state index in [1.807, 2.05) is 0 Å². The van der Waals surface area contributed by atoms with E-state index in [2.05, 4.69) is 0 Å². The zero-order chi connectivity index (χ0) is 15.0. The molecule has 0 radical (unpaired) electrons. The Morgan fingerprint density at radius 3 is 2.50 bits per heavy atom. The number of hydrogen-bond acceptors (Lipinski definition) is 7. The van der Waals surface area contributed by atoms with Crippen LogP contribution in [0.25, 0.3) is 0 Å². The molecule has 0 saturated carbocycles. The normalized spacial score (nSPS) is 34.1. The number of aromatic nitrogens is 2. The molecule has 20 heavy (non-hydrogen) atoms. The van der Waals surface area contributed by atoms with E-state index in [-0.39, 0.29) is 0 Å². The van der Waals surface area contributed by atoms with Gasteiger partial charge in [0, 0.05) is 0 Å².